The number of aromatic nitrogens is 1. The summed E-state index contributed by atoms with van der Waals surface area (Å²) in [7, 11) is 0. The van der Waals surface area contributed by atoms with E-state index in [9.17, 15) is 29.4 Å². The number of nitrogens with two attached hydrogens (primary N) is 1. The number of halogens is 3. The molecule has 0 bridgehead atoms. The topological polar surface area (TPSA) is 190 Å². The first-order valence-electron chi connectivity index (χ1n) is 14.7. The van der Waals surface area contributed by atoms with E-state index in [0.29, 0.717) is 24.2 Å². The van der Waals surface area contributed by atoms with Crippen molar-refractivity contribution in [1.82, 2.24) is 25.9 Å². The molecule has 2 aromatic carbocycles. The normalized spacial score (nSPS) is 21.0. The maximum atomic E-state index is 14.1. The van der Waals surface area contributed by atoms with Crippen LogP contribution in [0.2, 0.25) is 0 Å². The molecule has 0 spiro atoms. The molecule has 16 heteroatoms. The molecule has 5 atom stereocenters. The van der Waals surface area contributed by atoms with Gasteiger partial charge in [-0.25, -0.2) is 5.01 Å². The molecule has 3 aromatic rings. The summed E-state index contributed by atoms with van der Waals surface area (Å²) in [5.41, 5.74) is 7.49. The van der Waals surface area contributed by atoms with Gasteiger partial charge in [0.15, 0.2) is 0 Å². The number of hydrazine groups is 1. The third-order valence-electron chi connectivity index (χ3n) is 8.02. The van der Waals surface area contributed by atoms with Crippen molar-refractivity contribution in [2.24, 2.45) is 5.73 Å². The Balaban J connectivity index is 0.00000256. The maximum Gasteiger partial charge on any atom is 0.322 e. The van der Waals surface area contributed by atoms with Crippen LogP contribution < -0.4 is 26.7 Å². The van der Waals surface area contributed by atoms with Gasteiger partial charge in [-0.3, -0.25) is 24.2 Å². The van der Waals surface area contributed by atoms with Crippen molar-refractivity contribution in [2.75, 3.05) is 24.6 Å². The highest BCUT2D eigenvalue weighted by Gasteiger charge is 2.45. The summed E-state index contributed by atoms with van der Waals surface area (Å²) in [6.45, 7) is 0.173. The molecule has 2 fully saturated rings. The molecule has 1 aromatic heterocycles. The van der Waals surface area contributed by atoms with E-state index in [2.05, 4.69) is 20.9 Å². The van der Waals surface area contributed by atoms with E-state index in [0.717, 1.165) is 10.9 Å². The molecule has 13 nitrogen and oxygen atoms in total. The molecule has 0 saturated carbocycles. The van der Waals surface area contributed by atoms with E-state index in [1.165, 1.54) is 16.2 Å². The summed E-state index contributed by atoms with van der Waals surface area (Å²) in [4.78, 5) is 55.9. The van der Waals surface area contributed by atoms with Crippen molar-refractivity contribution in [2.45, 2.75) is 56.0 Å². The minimum atomic E-state index is -1.28. The number of pyridine rings is 1. The second kappa shape index (κ2) is 18.1. The van der Waals surface area contributed by atoms with Crippen molar-refractivity contribution < 1.29 is 29.4 Å². The Morgan fingerprint density at radius 2 is 1.70 bits per heavy atom. The zero-order chi connectivity index (χ0) is 31.2. The Bertz CT molecular complexity index is 1520. The summed E-state index contributed by atoms with van der Waals surface area (Å²) in [6, 6.07) is 15.8. The van der Waals surface area contributed by atoms with E-state index in [1.54, 1.807) is 6.07 Å². The number of fused-ring (bicyclic) bond motifs is 1. The number of carboxylic acids is 1. The second-order valence-electron chi connectivity index (χ2n) is 11.2. The van der Waals surface area contributed by atoms with E-state index in [1.807, 2.05) is 54.6 Å². The Morgan fingerprint density at radius 1 is 1.00 bits per heavy atom. The van der Waals surface area contributed by atoms with Gasteiger partial charge in [-0.1, -0.05) is 48.5 Å². The molecule has 3 heterocycles. The van der Waals surface area contributed by atoms with E-state index in [4.69, 9.17) is 5.73 Å². The molecule has 5 rings (SSSR count). The zero-order valence-corrected chi connectivity index (χ0v) is 27.8. The summed E-state index contributed by atoms with van der Waals surface area (Å²) in [6.07, 6.45) is 1.24. The number of hydrogen-bond acceptors (Lipinski definition) is 9. The lowest BCUT2D eigenvalue weighted by Gasteiger charge is -2.36. The number of carboxylic acid groups (broad SMARTS) is 1. The van der Waals surface area contributed by atoms with E-state index < -0.39 is 42.0 Å². The molecule has 7 N–H and O–H groups in total. The van der Waals surface area contributed by atoms with Crippen LogP contribution >= 0.6 is 37.2 Å². The number of aliphatic hydroxyl groups is 1. The van der Waals surface area contributed by atoms with Gasteiger partial charge in [0.25, 0.3) is 5.91 Å². The molecule has 0 aliphatic carbocycles. The fourth-order valence-corrected chi connectivity index (χ4v) is 5.79. The number of carbonyl (C=O) groups excluding carboxylic acids is 3. The molecule has 3 amide bonds. The summed E-state index contributed by atoms with van der Waals surface area (Å²) in [5.74, 6) is -2.52. The highest BCUT2D eigenvalue weighted by Crippen LogP contribution is 2.29. The fourth-order valence-electron chi connectivity index (χ4n) is 5.79. The number of rotatable bonds is 11. The van der Waals surface area contributed by atoms with Gasteiger partial charge < -0.3 is 31.9 Å². The van der Waals surface area contributed by atoms with Crippen molar-refractivity contribution in [3.8, 4) is 0 Å². The van der Waals surface area contributed by atoms with Crippen LogP contribution in [0, 0.1) is 0 Å². The number of para-hydroxylation sites is 1. The minimum Gasteiger partial charge on any atom is -0.480 e. The zero-order valence-electron chi connectivity index (χ0n) is 25.4. The van der Waals surface area contributed by atoms with E-state index >= 15 is 0 Å². The molecule has 2 aliphatic rings. The molecule has 2 unspecified atom stereocenters. The van der Waals surface area contributed by atoms with Crippen LogP contribution in [0.5, 0.6) is 0 Å². The minimum absolute atomic E-state index is 0. The lowest BCUT2D eigenvalue weighted by Crippen LogP contribution is -2.56. The Labute approximate surface area is 290 Å². The first kappa shape index (κ1) is 39.6. The van der Waals surface area contributed by atoms with Crippen LogP contribution in [-0.4, -0.2) is 93.8 Å². The lowest BCUT2D eigenvalue weighted by molar-refractivity contribution is -0.143. The van der Waals surface area contributed by atoms with Crippen LogP contribution in [0.15, 0.2) is 66.9 Å². The van der Waals surface area contributed by atoms with Crippen LogP contribution in [-0.2, 0) is 25.6 Å². The largest absolute Gasteiger partial charge is 0.480 e. The number of nitrogens with zero attached hydrogens (tertiary/aromatic N) is 3. The van der Waals surface area contributed by atoms with Gasteiger partial charge in [0, 0.05) is 30.6 Å². The molecular formula is C31H40Cl3N7O6. The molecule has 2 saturated heterocycles. The Hall–Kier alpha value is -3.56. The number of aliphatic carboxylic acids is 1. The predicted molar refractivity (Wildman–Crippen MR) is 184 cm³/mol. The smallest absolute Gasteiger partial charge is 0.322 e. The first-order chi connectivity index (χ1) is 21.2. The average Bonchev–Trinajstić information content (AvgIpc) is 3.67. The van der Waals surface area contributed by atoms with Crippen molar-refractivity contribution in [3.63, 3.8) is 0 Å². The number of amides is 3. The third-order valence-corrected chi connectivity index (χ3v) is 8.02. The fraction of sp³-hybridized carbons (Fsp3) is 0.387. The number of benzene rings is 2. The van der Waals surface area contributed by atoms with Crippen molar-refractivity contribution >= 4 is 77.5 Å². The molecular weight excluding hydrogens is 673 g/mol. The predicted octanol–water partition coefficient (Wildman–Crippen LogP) is 1.19. The highest BCUT2D eigenvalue weighted by molar-refractivity contribution is 5.99. The maximum absolute atomic E-state index is 14.1. The summed E-state index contributed by atoms with van der Waals surface area (Å²) >= 11 is 0. The van der Waals surface area contributed by atoms with Gasteiger partial charge in [0.1, 0.15) is 12.1 Å². The first-order valence-corrected chi connectivity index (χ1v) is 14.7. The number of hydrogen-bond donors (Lipinski definition) is 6. The van der Waals surface area contributed by atoms with Crippen molar-refractivity contribution in [1.29, 1.82) is 0 Å². The number of aryl methyl sites for hydroxylation is 1. The van der Waals surface area contributed by atoms with Gasteiger partial charge in [-0.2, -0.15) is 5.01 Å². The van der Waals surface area contributed by atoms with Crippen LogP contribution in [0.25, 0.3) is 10.9 Å². The van der Waals surface area contributed by atoms with E-state index in [-0.39, 0.29) is 81.5 Å². The molecule has 47 heavy (non-hydrogen) atoms. The van der Waals surface area contributed by atoms with Crippen molar-refractivity contribution in [3.05, 3.63) is 72.4 Å². The van der Waals surface area contributed by atoms with Crippen LogP contribution in [0.4, 0.5) is 5.69 Å². The molecule has 2 aliphatic heterocycles. The number of carbonyl (C=O) groups is 4. The van der Waals surface area contributed by atoms with Gasteiger partial charge in [0.05, 0.1) is 30.0 Å². The van der Waals surface area contributed by atoms with Crippen LogP contribution in [0.1, 0.15) is 24.8 Å². The highest BCUT2D eigenvalue weighted by atomic mass is 35.5. The second-order valence-corrected chi connectivity index (χ2v) is 11.2. The number of anilines is 1. The number of nitrogens with one attached hydrogen (secondary N) is 3. The van der Waals surface area contributed by atoms with Crippen LogP contribution in [0.3, 0.4) is 0 Å². The lowest BCUT2D eigenvalue weighted by atomic mass is 10.1. The van der Waals surface area contributed by atoms with Gasteiger partial charge in [-0.05, 0) is 43.4 Å². The third kappa shape index (κ3) is 9.73. The standard InChI is InChI=1S/C31H37N7O6.3ClH/c32-15-28(40)35-21-13-25(33-16-21)30(42)38(23-12-20-8-4-5-9-24(20)34-17-23)37-18-22(14-26(37)31(43)44)36-29(41)27(39)11-10-19-6-2-1-3-7-19;;;/h1-9,12,17,21-22,25-27,33,39H,10-11,13-16,18,32H2,(H,35,40)(H,36,41)(H,43,44);3*1H/t21?,22?,25-,26+,27-;;;/m1.../s1. The van der Waals surface area contributed by atoms with Gasteiger partial charge in [-0.15, -0.1) is 37.2 Å². The Kier molecular flexibility index (Phi) is 15.3. The average molecular weight is 713 g/mol. The quantitative estimate of drug-likeness (QED) is 0.169. The molecule has 0 radical (unpaired) electrons. The summed E-state index contributed by atoms with van der Waals surface area (Å²) in [5, 5.41) is 33.0. The SMILES string of the molecule is Cl.Cl.Cl.NCC(=O)NC1CN[C@@H](C(=O)N(c2cnc3ccccc3c2)N2CC(NC(=O)[C@H](O)CCc3ccccc3)C[C@H]2C(=O)O)C1. The number of aliphatic hydroxyl groups excluding tert-OH is 1. The molecule has 256 valence electrons. The van der Waals surface area contributed by atoms with Gasteiger partial charge >= 0.3 is 5.97 Å². The monoisotopic (exact) mass is 711 g/mol. The summed E-state index contributed by atoms with van der Waals surface area (Å²) < 4.78 is 0. The van der Waals surface area contributed by atoms with Gasteiger partial charge in [0.2, 0.25) is 11.8 Å². The Morgan fingerprint density at radius 3 is 2.40 bits per heavy atom.